The highest BCUT2D eigenvalue weighted by molar-refractivity contribution is 5.68. The third kappa shape index (κ3) is 5.68. The average Bonchev–Trinajstić information content (AvgIpc) is 2.36. The molecular weight excluding hydrogens is 280 g/mol. The molecule has 1 aliphatic rings. The number of nitrogens with zero attached hydrogens (tertiary/aromatic N) is 3. The van der Waals surface area contributed by atoms with Crippen molar-refractivity contribution in [3.63, 3.8) is 0 Å². The molecule has 1 amide bonds. The van der Waals surface area contributed by atoms with Crippen molar-refractivity contribution in [3.05, 3.63) is 12.2 Å². The maximum atomic E-state index is 13.2. The molecular formula is C14H21F2N3O2. The largest absolute Gasteiger partial charge is 0.444 e. The Morgan fingerprint density at radius 3 is 2.67 bits per heavy atom. The summed E-state index contributed by atoms with van der Waals surface area (Å²) in [6.07, 6.45) is -0.413. The number of alkyl halides is 2. The van der Waals surface area contributed by atoms with Gasteiger partial charge in [0.2, 0.25) is 0 Å². The highest BCUT2D eigenvalue weighted by Gasteiger charge is 2.38. The van der Waals surface area contributed by atoms with E-state index in [-0.39, 0.29) is 13.1 Å². The summed E-state index contributed by atoms with van der Waals surface area (Å²) < 4.78 is 31.5. The fourth-order valence-corrected chi connectivity index (χ4v) is 2.05. The number of hydrogen-bond acceptors (Lipinski definition) is 4. The van der Waals surface area contributed by atoms with Gasteiger partial charge >= 0.3 is 6.09 Å². The van der Waals surface area contributed by atoms with Crippen LogP contribution in [0.3, 0.4) is 0 Å². The van der Waals surface area contributed by atoms with Crippen LogP contribution in [0.15, 0.2) is 12.2 Å². The third-order valence-electron chi connectivity index (χ3n) is 2.98. The van der Waals surface area contributed by atoms with Crippen molar-refractivity contribution in [2.24, 2.45) is 0 Å². The molecule has 1 fully saturated rings. The quantitative estimate of drug-likeness (QED) is 0.750. The first-order chi connectivity index (χ1) is 9.74. The van der Waals surface area contributed by atoms with Gasteiger partial charge < -0.3 is 4.74 Å². The minimum Gasteiger partial charge on any atom is -0.444 e. The van der Waals surface area contributed by atoms with Gasteiger partial charge in [0.15, 0.2) is 0 Å². The average molecular weight is 301 g/mol. The van der Waals surface area contributed by atoms with E-state index in [1.54, 1.807) is 31.7 Å². The van der Waals surface area contributed by atoms with Gasteiger partial charge in [0.1, 0.15) is 11.6 Å². The van der Waals surface area contributed by atoms with Gasteiger partial charge in [-0.1, -0.05) is 6.08 Å². The first kappa shape index (κ1) is 17.4. The molecule has 0 aromatic carbocycles. The minimum atomic E-state index is -2.64. The number of allylic oxidation sites excluding steroid dienone is 1. The molecule has 0 spiro atoms. The van der Waals surface area contributed by atoms with Gasteiger partial charge in [0, 0.05) is 32.3 Å². The Kier molecular flexibility index (Phi) is 6.09. The van der Waals surface area contributed by atoms with Crippen LogP contribution in [0.5, 0.6) is 0 Å². The summed E-state index contributed by atoms with van der Waals surface area (Å²) in [7, 11) is 0. The highest BCUT2D eigenvalue weighted by atomic mass is 19.3. The maximum Gasteiger partial charge on any atom is 0.410 e. The summed E-state index contributed by atoms with van der Waals surface area (Å²) in [5, 5.41) is 8.41. The Hall–Kier alpha value is -1.68. The molecule has 0 aromatic heterocycles. The Morgan fingerprint density at radius 1 is 1.48 bits per heavy atom. The molecule has 0 aliphatic carbocycles. The van der Waals surface area contributed by atoms with Gasteiger partial charge in [-0.15, -0.1) is 0 Å². The fraction of sp³-hybridized carbons (Fsp3) is 0.714. The van der Waals surface area contributed by atoms with Crippen LogP contribution in [0.25, 0.3) is 0 Å². The van der Waals surface area contributed by atoms with Gasteiger partial charge in [-0.25, -0.2) is 13.6 Å². The molecule has 0 aromatic rings. The molecule has 1 rings (SSSR count). The smallest absolute Gasteiger partial charge is 0.410 e. The van der Waals surface area contributed by atoms with Crippen molar-refractivity contribution < 1.29 is 18.3 Å². The molecule has 0 saturated carbocycles. The van der Waals surface area contributed by atoms with Crippen LogP contribution in [0.1, 0.15) is 20.8 Å². The predicted molar refractivity (Wildman–Crippen MR) is 73.9 cm³/mol. The molecule has 1 heterocycles. The number of piperazine rings is 1. The first-order valence-corrected chi connectivity index (χ1v) is 6.79. The molecule has 118 valence electrons. The zero-order valence-electron chi connectivity index (χ0n) is 12.6. The maximum absolute atomic E-state index is 13.2. The number of amides is 1. The normalized spacial score (nSPS) is 20.8. The second-order valence-electron chi connectivity index (χ2n) is 5.87. The monoisotopic (exact) mass is 301 g/mol. The fourth-order valence-electron chi connectivity index (χ4n) is 2.05. The lowest BCUT2D eigenvalue weighted by atomic mass is 10.1. The van der Waals surface area contributed by atoms with E-state index in [0.717, 1.165) is 4.90 Å². The topological polar surface area (TPSA) is 56.6 Å². The van der Waals surface area contributed by atoms with Gasteiger partial charge in [-0.3, -0.25) is 9.80 Å². The Labute approximate surface area is 123 Å². The van der Waals surface area contributed by atoms with Crippen molar-refractivity contribution >= 4 is 6.09 Å². The van der Waals surface area contributed by atoms with Crippen LogP contribution in [-0.2, 0) is 4.74 Å². The van der Waals surface area contributed by atoms with E-state index in [1.807, 2.05) is 6.07 Å². The molecule has 5 nitrogen and oxygen atoms in total. The second kappa shape index (κ2) is 7.36. The lowest BCUT2D eigenvalue weighted by Gasteiger charge is -2.40. The summed E-state index contributed by atoms with van der Waals surface area (Å²) in [4.78, 5) is 14.9. The van der Waals surface area contributed by atoms with Crippen molar-refractivity contribution in [2.75, 3.05) is 26.2 Å². The summed E-state index contributed by atoms with van der Waals surface area (Å²) >= 11 is 0. The Balaban J connectivity index is 2.69. The van der Waals surface area contributed by atoms with Gasteiger partial charge in [-0.2, -0.15) is 5.26 Å². The molecule has 1 saturated heterocycles. The van der Waals surface area contributed by atoms with Crippen LogP contribution < -0.4 is 0 Å². The van der Waals surface area contributed by atoms with E-state index < -0.39 is 24.2 Å². The standard InChI is InChI=1S/C14H21F2N3O2/c1-14(2,3)21-13(20)19-9-8-18(7-5-4-6-17)10-11(19)12(15)16/h4-5,11-12H,7-10H2,1-3H3. The number of carbonyl (C=O) groups excluding carboxylic acids is 1. The molecule has 1 aliphatic heterocycles. The molecule has 0 N–H and O–H groups in total. The number of hydrogen-bond donors (Lipinski definition) is 0. The van der Waals surface area contributed by atoms with E-state index in [2.05, 4.69) is 0 Å². The lowest BCUT2D eigenvalue weighted by Crippen LogP contribution is -2.58. The van der Waals surface area contributed by atoms with Crippen LogP contribution in [0.4, 0.5) is 13.6 Å². The second-order valence-corrected chi connectivity index (χ2v) is 5.87. The van der Waals surface area contributed by atoms with Gasteiger partial charge in [0.25, 0.3) is 6.43 Å². The van der Waals surface area contributed by atoms with Crippen LogP contribution in [0.2, 0.25) is 0 Å². The molecule has 1 atom stereocenters. The minimum absolute atomic E-state index is 0.0622. The highest BCUT2D eigenvalue weighted by Crippen LogP contribution is 2.20. The molecule has 0 radical (unpaired) electrons. The number of halogens is 2. The third-order valence-corrected chi connectivity index (χ3v) is 2.98. The van der Waals surface area contributed by atoms with Crippen molar-refractivity contribution in [1.82, 2.24) is 9.80 Å². The van der Waals surface area contributed by atoms with Crippen LogP contribution in [-0.4, -0.2) is 60.1 Å². The first-order valence-electron chi connectivity index (χ1n) is 6.79. The summed E-state index contributed by atoms with van der Waals surface area (Å²) in [6.45, 7) is 6.23. The summed E-state index contributed by atoms with van der Waals surface area (Å²) in [6, 6.07) is 0.663. The SMILES string of the molecule is CC(C)(C)OC(=O)N1CCN(CC=CC#N)CC1C(F)F. The molecule has 1 unspecified atom stereocenters. The number of carbonyl (C=O) groups is 1. The Morgan fingerprint density at radius 2 is 2.14 bits per heavy atom. The van der Waals surface area contributed by atoms with E-state index in [0.29, 0.717) is 13.1 Å². The van der Waals surface area contributed by atoms with Crippen molar-refractivity contribution in [2.45, 2.75) is 38.8 Å². The number of rotatable bonds is 3. The van der Waals surface area contributed by atoms with Crippen molar-refractivity contribution in [1.29, 1.82) is 5.26 Å². The van der Waals surface area contributed by atoms with Gasteiger partial charge in [-0.05, 0) is 20.8 Å². The Bertz CT molecular complexity index is 427. The van der Waals surface area contributed by atoms with E-state index >= 15 is 0 Å². The van der Waals surface area contributed by atoms with E-state index in [9.17, 15) is 13.6 Å². The van der Waals surface area contributed by atoms with Crippen LogP contribution >= 0.6 is 0 Å². The van der Waals surface area contributed by atoms with Crippen molar-refractivity contribution in [3.8, 4) is 6.07 Å². The summed E-state index contributed by atoms with van der Waals surface area (Å²) in [5.74, 6) is 0. The van der Waals surface area contributed by atoms with E-state index in [4.69, 9.17) is 10.00 Å². The van der Waals surface area contributed by atoms with E-state index in [1.165, 1.54) is 6.08 Å². The zero-order chi connectivity index (χ0) is 16.0. The molecule has 21 heavy (non-hydrogen) atoms. The predicted octanol–water partition coefficient (Wildman–Crippen LogP) is 2.25. The molecule has 7 heteroatoms. The lowest BCUT2D eigenvalue weighted by molar-refractivity contribution is -0.0406. The summed E-state index contributed by atoms with van der Waals surface area (Å²) in [5.41, 5.74) is -0.712. The molecule has 0 bridgehead atoms. The van der Waals surface area contributed by atoms with Gasteiger partial charge in [0.05, 0.1) is 6.07 Å². The van der Waals surface area contributed by atoms with Crippen LogP contribution in [0, 0.1) is 11.3 Å². The number of nitriles is 1. The zero-order valence-corrected chi connectivity index (χ0v) is 12.6. The number of ether oxygens (including phenoxy) is 1.